The zero-order valence-corrected chi connectivity index (χ0v) is 12.4. The van der Waals surface area contributed by atoms with Gasteiger partial charge in [-0.05, 0) is 33.1 Å². The molecule has 0 unspecified atom stereocenters. The maximum atomic E-state index is 5.56. The molecule has 1 aliphatic carbocycles. The standard InChI is InChI=1S/C15H30N2O/c1-14(2,18-3)9-11-17-12-10-16-13-15(17)7-5-4-6-8-15/h16H,4-13H2,1-3H3. The number of piperazine rings is 1. The van der Waals surface area contributed by atoms with Gasteiger partial charge in [0.25, 0.3) is 0 Å². The molecule has 0 aromatic carbocycles. The lowest BCUT2D eigenvalue weighted by Gasteiger charge is -2.50. The van der Waals surface area contributed by atoms with E-state index in [1.54, 1.807) is 0 Å². The van der Waals surface area contributed by atoms with Crippen molar-refractivity contribution < 1.29 is 4.74 Å². The molecule has 2 rings (SSSR count). The number of hydrogen-bond acceptors (Lipinski definition) is 3. The molecule has 0 atom stereocenters. The number of nitrogens with zero attached hydrogens (tertiary/aromatic N) is 1. The van der Waals surface area contributed by atoms with Crippen LogP contribution in [0.2, 0.25) is 0 Å². The predicted octanol–water partition coefficient (Wildman–Crippen LogP) is 2.41. The van der Waals surface area contributed by atoms with Crippen molar-refractivity contribution in [2.75, 3.05) is 33.3 Å². The largest absolute Gasteiger partial charge is 0.379 e. The molecule has 0 bridgehead atoms. The van der Waals surface area contributed by atoms with Gasteiger partial charge in [0, 0.05) is 38.8 Å². The second kappa shape index (κ2) is 5.89. The van der Waals surface area contributed by atoms with Crippen molar-refractivity contribution in [2.45, 2.75) is 63.5 Å². The van der Waals surface area contributed by atoms with Gasteiger partial charge in [-0.1, -0.05) is 19.3 Å². The Kier molecular flexibility index (Phi) is 4.68. The number of nitrogens with one attached hydrogen (secondary N) is 1. The van der Waals surface area contributed by atoms with Crippen molar-refractivity contribution in [2.24, 2.45) is 0 Å². The summed E-state index contributed by atoms with van der Waals surface area (Å²) in [6.45, 7) is 9.13. The normalized spacial score (nSPS) is 25.5. The summed E-state index contributed by atoms with van der Waals surface area (Å²) in [6, 6.07) is 0. The van der Waals surface area contributed by atoms with Crippen LogP contribution in [-0.4, -0.2) is 49.3 Å². The molecule has 3 heteroatoms. The van der Waals surface area contributed by atoms with Crippen LogP contribution in [0.15, 0.2) is 0 Å². The fraction of sp³-hybridized carbons (Fsp3) is 1.00. The monoisotopic (exact) mass is 254 g/mol. The predicted molar refractivity (Wildman–Crippen MR) is 76.0 cm³/mol. The summed E-state index contributed by atoms with van der Waals surface area (Å²) in [5.74, 6) is 0. The Morgan fingerprint density at radius 1 is 1.22 bits per heavy atom. The molecular formula is C15H30N2O. The molecule has 2 aliphatic rings. The SMILES string of the molecule is COC(C)(C)CCN1CCNCC12CCCCC2. The summed E-state index contributed by atoms with van der Waals surface area (Å²) in [6.07, 6.45) is 8.14. The van der Waals surface area contributed by atoms with E-state index in [1.807, 2.05) is 7.11 Å². The number of ether oxygens (including phenoxy) is 1. The average molecular weight is 254 g/mol. The van der Waals surface area contributed by atoms with Crippen molar-refractivity contribution in [3.8, 4) is 0 Å². The van der Waals surface area contributed by atoms with Crippen molar-refractivity contribution in [1.82, 2.24) is 10.2 Å². The van der Waals surface area contributed by atoms with E-state index >= 15 is 0 Å². The minimum Gasteiger partial charge on any atom is -0.379 e. The Hall–Kier alpha value is -0.120. The third-order valence-corrected chi connectivity index (χ3v) is 5.00. The Balaban J connectivity index is 1.95. The topological polar surface area (TPSA) is 24.5 Å². The van der Waals surface area contributed by atoms with Gasteiger partial charge >= 0.3 is 0 Å². The molecule has 0 aromatic heterocycles. The van der Waals surface area contributed by atoms with Gasteiger partial charge in [0.05, 0.1) is 5.60 Å². The lowest BCUT2D eigenvalue weighted by molar-refractivity contribution is -0.0217. The number of rotatable bonds is 4. The van der Waals surface area contributed by atoms with Crippen LogP contribution in [0.1, 0.15) is 52.4 Å². The first-order valence-electron chi connectivity index (χ1n) is 7.59. The van der Waals surface area contributed by atoms with Crippen LogP contribution in [0, 0.1) is 0 Å². The second-order valence-electron chi connectivity index (χ2n) is 6.66. The Morgan fingerprint density at radius 2 is 1.94 bits per heavy atom. The van der Waals surface area contributed by atoms with E-state index < -0.39 is 0 Å². The molecular weight excluding hydrogens is 224 g/mol. The van der Waals surface area contributed by atoms with Gasteiger partial charge in [-0.25, -0.2) is 0 Å². The van der Waals surface area contributed by atoms with Crippen LogP contribution in [0.4, 0.5) is 0 Å². The molecule has 1 N–H and O–H groups in total. The van der Waals surface area contributed by atoms with Crippen molar-refractivity contribution in [3.63, 3.8) is 0 Å². The maximum absolute atomic E-state index is 5.56. The number of hydrogen-bond donors (Lipinski definition) is 1. The van der Waals surface area contributed by atoms with Crippen LogP contribution in [-0.2, 0) is 4.74 Å². The highest BCUT2D eigenvalue weighted by atomic mass is 16.5. The summed E-state index contributed by atoms with van der Waals surface area (Å²) in [7, 11) is 1.83. The van der Waals surface area contributed by atoms with E-state index in [-0.39, 0.29) is 5.60 Å². The smallest absolute Gasteiger partial charge is 0.0634 e. The van der Waals surface area contributed by atoms with Crippen molar-refractivity contribution >= 4 is 0 Å². The first kappa shape index (κ1) is 14.3. The molecule has 106 valence electrons. The molecule has 1 aliphatic heterocycles. The van der Waals surface area contributed by atoms with E-state index in [1.165, 1.54) is 51.7 Å². The first-order valence-corrected chi connectivity index (χ1v) is 7.59. The highest BCUT2D eigenvalue weighted by molar-refractivity contribution is 4.98. The van der Waals surface area contributed by atoms with Gasteiger partial charge in [0.15, 0.2) is 0 Å². The minimum absolute atomic E-state index is 0.0146. The van der Waals surface area contributed by atoms with E-state index in [2.05, 4.69) is 24.1 Å². The summed E-state index contributed by atoms with van der Waals surface area (Å²) < 4.78 is 5.56. The summed E-state index contributed by atoms with van der Waals surface area (Å²) in [5.41, 5.74) is 0.473. The fourth-order valence-corrected chi connectivity index (χ4v) is 3.44. The molecule has 18 heavy (non-hydrogen) atoms. The zero-order valence-electron chi connectivity index (χ0n) is 12.4. The van der Waals surface area contributed by atoms with Gasteiger partial charge in [-0.15, -0.1) is 0 Å². The van der Waals surface area contributed by atoms with Crippen LogP contribution in [0.3, 0.4) is 0 Å². The van der Waals surface area contributed by atoms with Gasteiger partial charge in [0.2, 0.25) is 0 Å². The van der Waals surface area contributed by atoms with Gasteiger partial charge in [0.1, 0.15) is 0 Å². The van der Waals surface area contributed by atoms with E-state index in [0.29, 0.717) is 5.54 Å². The molecule has 0 aromatic rings. The van der Waals surface area contributed by atoms with Gasteiger partial charge in [-0.2, -0.15) is 0 Å². The average Bonchev–Trinajstić information content (AvgIpc) is 2.39. The van der Waals surface area contributed by atoms with E-state index in [9.17, 15) is 0 Å². The van der Waals surface area contributed by atoms with E-state index in [0.717, 1.165) is 13.0 Å². The van der Waals surface area contributed by atoms with Crippen LogP contribution < -0.4 is 5.32 Å². The third kappa shape index (κ3) is 3.25. The number of methoxy groups -OCH3 is 1. The Bertz CT molecular complexity index is 251. The van der Waals surface area contributed by atoms with Gasteiger partial charge in [-0.3, -0.25) is 4.90 Å². The van der Waals surface area contributed by atoms with Crippen LogP contribution in [0.5, 0.6) is 0 Å². The van der Waals surface area contributed by atoms with Crippen molar-refractivity contribution in [1.29, 1.82) is 0 Å². The maximum Gasteiger partial charge on any atom is 0.0634 e. The molecule has 1 saturated carbocycles. The molecule has 1 heterocycles. The van der Waals surface area contributed by atoms with Crippen LogP contribution in [0.25, 0.3) is 0 Å². The molecule has 1 spiro atoms. The Morgan fingerprint density at radius 3 is 2.61 bits per heavy atom. The lowest BCUT2D eigenvalue weighted by Crippen LogP contribution is -2.62. The second-order valence-corrected chi connectivity index (χ2v) is 6.66. The van der Waals surface area contributed by atoms with Gasteiger partial charge < -0.3 is 10.1 Å². The summed E-state index contributed by atoms with van der Waals surface area (Å²) in [5, 5.41) is 3.61. The Labute approximate surface area is 112 Å². The molecule has 2 fully saturated rings. The fourth-order valence-electron chi connectivity index (χ4n) is 3.44. The molecule has 0 radical (unpaired) electrons. The van der Waals surface area contributed by atoms with Crippen LogP contribution >= 0.6 is 0 Å². The zero-order chi connectivity index (χ0) is 13.1. The summed E-state index contributed by atoms with van der Waals surface area (Å²) in [4.78, 5) is 2.75. The third-order valence-electron chi connectivity index (χ3n) is 5.00. The highest BCUT2D eigenvalue weighted by Gasteiger charge is 2.39. The van der Waals surface area contributed by atoms with Crippen molar-refractivity contribution in [3.05, 3.63) is 0 Å². The molecule has 3 nitrogen and oxygen atoms in total. The lowest BCUT2D eigenvalue weighted by atomic mass is 9.78. The minimum atomic E-state index is 0.0146. The summed E-state index contributed by atoms with van der Waals surface area (Å²) >= 11 is 0. The first-order chi connectivity index (χ1) is 8.58. The molecule has 1 saturated heterocycles. The highest BCUT2D eigenvalue weighted by Crippen LogP contribution is 2.35. The van der Waals surface area contributed by atoms with E-state index in [4.69, 9.17) is 4.74 Å². The quantitative estimate of drug-likeness (QED) is 0.834. The molecule has 0 amide bonds.